The summed E-state index contributed by atoms with van der Waals surface area (Å²) in [7, 11) is -3.75. The number of aromatic nitrogens is 6. The van der Waals surface area contributed by atoms with Gasteiger partial charge in [-0.3, -0.25) is 10.0 Å². The molecule has 1 amide bonds. The number of anilines is 4. The molecule has 0 aliphatic carbocycles. The first kappa shape index (κ1) is 28.6. The van der Waals surface area contributed by atoms with Crippen LogP contribution in [-0.4, -0.2) is 78.5 Å². The van der Waals surface area contributed by atoms with Gasteiger partial charge in [-0.05, 0) is 51.5 Å². The average molecular weight is 572 g/mol. The number of carbonyl (C=O) groups is 1. The molecule has 0 saturated carbocycles. The van der Waals surface area contributed by atoms with Gasteiger partial charge in [0.15, 0.2) is 11.5 Å². The highest BCUT2D eigenvalue weighted by atomic mass is 32.2. The minimum Gasteiger partial charge on any atom is -0.444 e. The van der Waals surface area contributed by atoms with E-state index in [1.165, 1.54) is 23.1 Å². The Morgan fingerprint density at radius 1 is 1.05 bits per heavy atom. The van der Waals surface area contributed by atoms with Gasteiger partial charge in [-0.25, -0.2) is 28.2 Å². The normalized spacial score (nSPS) is 12.6. The van der Waals surface area contributed by atoms with Crippen LogP contribution in [0.5, 0.6) is 0 Å². The number of ether oxygens (including phenoxy) is 1. The predicted molar refractivity (Wildman–Crippen MR) is 147 cm³/mol. The molecule has 15 nitrogen and oxygen atoms in total. The highest BCUT2D eigenvalue weighted by Crippen LogP contribution is 2.20. The van der Waals surface area contributed by atoms with Crippen LogP contribution in [0.1, 0.15) is 27.2 Å². The Morgan fingerprint density at radius 3 is 2.45 bits per heavy atom. The minimum atomic E-state index is -3.75. The number of aliphatic hydroxyl groups is 2. The van der Waals surface area contributed by atoms with E-state index in [0.717, 1.165) is 0 Å². The van der Waals surface area contributed by atoms with E-state index in [0.29, 0.717) is 28.2 Å². The Kier molecular flexibility index (Phi) is 8.41. The van der Waals surface area contributed by atoms with Gasteiger partial charge in [0.2, 0.25) is 16.0 Å². The second-order valence-electron chi connectivity index (χ2n) is 9.66. The van der Waals surface area contributed by atoms with E-state index in [-0.39, 0.29) is 23.9 Å². The van der Waals surface area contributed by atoms with Crippen LogP contribution in [0.15, 0.2) is 49.1 Å². The smallest absolute Gasteiger partial charge is 0.412 e. The summed E-state index contributed by atoms with van der Waals surface area (Å²) >= 11 is 0. The van der Waals surface area contributed by atoms with Crippen molar-refractivity contribution in [3.63, 3.8) is 0 Å². The molecule has 212 valence electrons. The molecular formula is C24H29N9O6S. The van der Waals surface area contributed by atoms with Gasteiger partial charge < -0.3 is 20.3 Å². The highest BCUT2D eigenvalue weighted by Gasteiger charge is 2.17. The molecule has 4 aromatic rings. The minimum absolute atomic E-state index is 0.0918. The number of pyridine rings is 2. The standard InChI is InChI=1S/C24H29N9O6S/c1-24(2,3)39-23(36)30-17-5-7-20(26-13-17)33-21-15(11-28-33)10-27-22(31-21)29-16-4-6-19(25-12-16)32-40(37,38)9-8-18(35)14-34/h4-7,10-13,18,34-35H,8-9,14H2,1-3H3,(H,25,32)(H,30,36)(H,27,29,31). The van der Waals surface area contributed by atoms with Crippen molar-refractivity contribution < 1.29 is 28.2 Å². The van der Waals surface area contributed by atoms with Crippen molar-refractivity contribution in [2.45, 2.75) is 38.9 Å². The fourth-order valence-electron chi connectivity index (χ4n) is 3.30. The molecule has 0 saturated heterocycles. The summed E-state index contributed by atoms with van der Waals surface area (Å²) in [4.78, 5) is 29.2. The van der Waals surface area contributed by atoms with Crippen LogP contribution in [0, 0.1) is 0 Å². The quantitative estimate of drug-likeness (QED) is 0.186. The molecule has 4 heterocycles. The van der Waals surface area contributed by atoms with E-state index in [1.807, 2.05) is 0 Å². The summed E-state index contributed by atoms with van der Waals surface area (Å²) in [6.45, 7) is 4.80. The number of hydrogen-bond donors (Lipinski definition) is 5. The Balaban J connectivity index is 1.43. The summed E-state index contributed by atoms with van der Waals surface area (Å²) in [5, 5.41) is 28.8. The molecule has 0 aliphatic rings. The molecule has 0 bridgehead atoms. The van der Waals surface area contributed by atoms with Crippen molar-refractivity contribution in [1.82, 2.24) is 29.7 Å². The Labute approximate surface area is 229 Å². The molecule has 16 heteroatoms. The fraction of sp³-hybridized carbons (Fsp3) is 0.333. The third-order valence-corrected chi connectivity index (χ3v) is 6.42. The van der Waals surface area contributed by atoms with Gasteiger partial charge in [0.1, 0.15) is 11.4 Å². The summed E-state index contributed by atoms with van der Waals surface area (Å²) < 4.78 is 33.4. The van der Waals surface area contributed by atoms with Crippen molar-refractivity contribution in [3.8, 4) is 5.82 Å². The third-order valence-electron chi connectivity index (χ3n) is 5.13. The maximum atomic E-state index is 12.1. The number of fused-ring (bicyclic) bond motifs is 1. The van der Waals surface area contributed by atoms with Gasteiger partial charge in [-0.15, -0.1) is 0 Å². The number of amides is 1. The van der Waals surface area contributed by atoms with E-state index in [4.69, 9.17) is 9.84 Å². The molecule has 5 N–H and O–H groups in total. The van der Waals surface area contributed by atoms with E-state index in [9.17, 15) is 18.3 Å². The first-order chi connectivity index (χ1) is 18.9. The lowest BCUT2D eigenvalue weighted by Gasteiger charge is -2.19. The van der Waals surface area contributed by atoms with Gasteiger partial charge in [-0.2, -0.15) is 14.8 Å². The Morgan fingerprint density at radius 2 is 1.80 bits per heavy atom. The topological polar surface area (TPSA) is 206 Å². The van der Waals surface area contributed by atoms with Crippen molar-refractivity contribution in [2.75, 3.05) is 27.7 Å². The second-order valence-corrected chi connectivity index (χ2v) is 11.5. The zero-order chi connectivity index (χ0) is 28.9. The van der Waals surface area contributed by atoms with E-state index in [1.54, 1.807) is 51.4 Å². The van der Waals surface area contributed by atoms with Crippen molar-refractivity contribution in [2.24, 2.45) is 0 Å². The van der Waals surface area contributed by atoms with Gasteiger partial charge in [0, 0.05) is 6.20 Å². The number of nitrogens with zero attached hydrogens (tertiary/aromatic N) is 6. The Bertz CT molecular complexity index is 1570. The van der Waals surface area contributed by atoms with Crippen LogP contribution in [0.4, 0.5) is 27.9 Å². The fourth-order valence-corrected chi connectivity index (χ4v) is 4.43. The average Bonchev–Trinajstić information content (AvgIpc) is 3.31. The molecule has 0 aliphatic heterocycles. The van der Waals surface area contributed by atoms with E-state index >= 15 is 0 Å². The summed E-state index contributed by atoms with van der Waals surface area (Å²) in [5.41, 5.74) is 0.797. The van der Waals surface area contributed by atoms with Gasteiger partial charge >= 0.3 is 6.09 Å². The van der Waals surface area contributed by atoms with Crippen LogP contribution < -0.4 is 15.4 Å². The van der Waals surface area contributed by atoms with E-state index in [2.05, 4.69) is 40.4 Å². The number of rotatable bonds is 10. The lowest BCUT2D eigenvalue weighted by Crippen LogP contribution is -2.27. The summed E-state index contributed by atoms with van der Waals surface area (Å²) in [6.07, 6.45) is 4.25. The first-order valence-electron chi connectivity index (χ1n) is 12.1. The molecule has 4 aromatic heterocycles. The molecule has 4 rings (SSSR count). The lowest BCUT2D eigenvalue weighted by molar-refractivity contribution is 0.0636. The monoisotopic (exact) mass is 571 g/mol. The number of carbonyl (C=O) groups excluding carboxylic acids is 1. The number of nitrogens with one attached hydrogen (secondary N) is 3. The van der Waals surface area contributed by atoms with Crippen LogP contribution in [0.3, 0.4) is 0 Å². The second kappa shape index (κ2) is 11.8. The van der Waals surface area contributed by atoms with Crippen molar-refractivity contribution >= 4 is 50.3 Å². The maximum absolute atomic E-state index is 12.1. The largest absolute Gasteiger partial charge is 0.444 e. The predicted octanol–water partition coefficient (Wildman–Crippen LogP) is 2.18. The van der Waals surface area contributed by atoms with Crippen LogP contribution >= 0.6 is 0 Å². The van der Waals surface area contributed by atoms with Gasteiger partial charge in [0.05, 0.1) is 53.8 Å². The number of hydrogen-bond acceptors (Lipinski definition) is 12. The molecule has 1 unspecified atom stereocenters. The van der Waals surface area contributed by atoms with Gasteiger partial charge in [0.25, 0.3) is 0 Å². The highest BCUT2D eigenvalue weighted by molar-refractivity contribution is 7.92. The van der Waals surface area contributed by atoms with E-state index < -0.39 is 34.4 Å². The third kappa shape index (κ3) is 7.81. The number of sulfonamides is 1. The van der Waals surface area contributed by atoms with Gasteiger partial charge in [-0.1, -0.05) is 0 Å². The maximum Gasteiger partial charge on any atom is 0.412 e. The molecule has 0 radical (unpaired) electrons. The SMILES string of the molecule is CC(C)(C)OC(=O)Nc1ccc(-n2ncc3cnc(Nc4ccc(NS(=O)(=O)CCC(O)CO)nc4)nc32)nc1. The first-order valence-corrected chi connectivity index (χ1v) is 13.8. The lowest BCUT2D eigenvalue weighted by atomic mass is 10.2. The molecule has 0 fully saturated rings. The molecule has 0 spiro atoms. The van der Waals surface area contributed by atoms with Crippen molar-refractivity contribution in [3.05, 3.63) is 49.1 Å². The summed E-state index contributed by atoms with van der Waals surface area (Å²) in [6, 6.07) is 6.39. The zero-order valence-electron chi connectivity index (χ0n) is 21.9. The summed E-state index contributed by atoms with van der Waals surface area (Å²) in [5.74, 6) is 0.425. The molecule has 40 heavy (non-hydrogen) atoms. The molecular weight excluding hydrogens is 542 g/mol. The number of aliphatic hydroxyl groups excluding tert-OH is 2. The molecule has 1 atom stereocenters. The van der Waals surface area contributed by atoms with Crippen LogP contribution in [0.2, 0.25) is 0 Å². The van der Waals surface area contributed by atoms with Crippen LogP contribution in [-0.2, 0) is 14.8 Å². The zero-order valence-corrected chi connectivity index (χ0v) is 22.8. The van der Waals surface area contributed by atoms with Crippen LogP contribution in [0.25, 0.3) is 16.9 Å². The molecule has 0 aromatic carbocycles. The van der Waals surface area contributed by atoms with Crippen molar-refractivity contribution in [1.29, 1.82) is 0 Å². The Hall–Kier alpha value is -4.41.